The number of halogens is 1. The van der Waals surface area contributed by atoms with E-state index >= 15 is 0 Å². The summed E-state index contributed by atoms with van der Waals surface area (Å²) >= 11 is 5.99. The third kappa shape index (κ3) is 7.38. The maximum absolute atomic E-state index is 13.1. The van der Waals surface area contributed by atoms with Crippen molar-refractivity contribution in [2.24, 2.45) is 5.92 Å². The van der Waals surface area contributed by atoms with Gasteiger partial charge in [-0.3, -0.25) is 9.59 Å². The molecule has 0 aliphatic heterocycles. The van der Waals surface area contributed by atoms with Gasteiger partial charge in [0, 0.05) is 18.1 Å². The minimum atomic E-state index is -0.576. The van der Waals surface area contributed by atoms with Gasteiger partial charge in [0.15, 0.2) is 6.61 Å². The monoisotopic (exact) mass is 430 g/mol. The van der Waals surface area contributed by atoms with Crippen LogP contribution in [0.5, 0.6) is 5.75 Å². The average molecular weight is 431 g/mol. The summed E-state index contributed by atoms with van der Waals surface area (Å²) in [6.45, 7) is 8.68. The van der Waals surface area contributed by atoms with Gasteiger partial charge in [0.05, 0.1) is 0 Å². The number of hydrogen-bond acceptors (Lipinski definition) is 3. The summed E-state index contributed by atoms with van der Waals surface area (Å²) in [5.41, 5.74) is 1.95. The molecule has 6 heteroatoms. The van der Waals surface area contributed by atoms with Crippen molar-refractivity contribution in [1.29, 1.82) is 0 Å². The molecule has 0 heterocycles. The quantitative estimate of drug-likeness (QED) is 0.598. The second-order valence-corrected chi connectivity index (χ2v) is 8.25. The normalized spacial score (nSPS) is 11.8. The minimum Gasteiger partial charge on any atom is -0.484 e. The Morgan fingerprint density at radius 2 is 1.83 bits per heavy atom. The van der Waals surface area contributed by atoms with Crippen LogP contribution in [-0.2, 0) is 16.1 Å². The zero-order valence-corrected chi connectivity index (χ0v) is 18.9. The Morgan fingerprint density at radius 3 is 2.43 bits per heavy atom. The predicted molar refractivity (Wildman–Crippen MR) is 121 cm³/mol. The van der Waals surface area contributed by atoms with Crippen molar-refractivity contribution < 1.29 is 14.3 Å². The van der Waals surface area contributed by atoms with Crippen molar-refractivity contribution in [2.75, 3.05) is 13.2 Å². The van der Waals surface area contributed by atoms with Crippen LogP contribution >= 0.6 is 11.6 Å². The number of benzene rings is 2. The lowest BCUT2D eigenvalue weighted by atomic mass is 10.1. The Morgan fingerprint density at radius 1 is 1.13 bits per heavy atom. The molecular weight excluding hydrogens is 400 g/mol. The molecular formula is C24H31ClN2O3. The van der Waals surface area contributed by atoms with Crippen LogP contribution in [0.25, 0.3) is 0 Å². The first-order chi connectivity index (χ1) is 14.3. The Kier molecular flexibility index (Phi) is 9.18. The van der Waals surface area contributed by atoms with Crippen LogP contribution in [0.4, 0.5) is 0 Å². The van der Waals surface area contributed by atoms with E-state index in [1.807, 2.05) is 64.1 Å². The Labute approximate surface area is 184 Å². The number of amides is 2. The summed E-state index contributed by atoms with van der Waals surface area (Å²) in [5, 5.41) is 3.58. The molecule has 0 radical (unpaired) electrons. The molecule has 2 aromatic rings. The number of rotatable bonds is 10. The van der Waals surface area contributed by atoms with E-state index in [2.05, 4.69) is 5.32 Å². The Bertz CT molecular complexity index is 837. The standard InChI is InChI=1S/C24H31ClN2O3/c1-5-22(24(29)26-14-17(2)3)27(15-19-9-11-20(25)12-10-19)23(28)16-30-21-8-6-7-18(4)13-21/h6-13,17,22H,5,14-16H2,1-4H3,(H,26,29)/t22-/m0/s1. The molecule has 5 nitrogen and oxygen atoms in total. The number of ether oxygens (including phenoxy) is 1. The molecule has 1 N–H and O–H groups in total. The van der Waals surface area contributed by atoms with Gasteiger partial charge in [-0.05, 0) is 54.7 Å². The third-order valence-electron chi connectivity index (χ3n) is 4.69. The van der Waals surface area contributed by atoms with Crippen molar-refractivity contribution >= 4 is 23.4 Å². The van der Waals surface area contributed by atoms with Crippen LogP contribution in [0, 0.1) is 12.8 Å². The van der Waals surface area contributed by atoms with Crippen LogP contribution in [-0.4, -0.2) is 35.9 Å². The first-order valence-electron chi connectivity index (χ1n) is 10.3. The molecule has 0 aliphatic rings. The average Bonchev–Trinajstić information content (AvgIpc) is 2.71. The van der Waals surface area contributed by atoms with Gasteiger partial charge in [-0.1, -0.05) is 56.6 Å². The van der Waals surface area contributed by atoms with E-state index < -0.39 is 6.04 Å². The van der Waals surface area contributed by atoms with Crippen LogP contribution in [0.3, 0.4) is 0 Å². The fourth-order valence-corrected chi connectivity index (χ4v) is 3.19. The molecule has 30 heavy (non-hydrogen) atoms. The highest BCUT2D eigenvalue weighted by Crippen LogP contribution is 2.17. The maximum atomic E-state index is 13.1. The fourth-order valence-electron chi connectivity index (χ4n) is 3.06. The lowest BCUT2D eigenvalue weighted by molar-refractivity contribution is -0.143. The van der Waals surface area contributed by atoms with E-state index in [0.717, 1.165) is 11.1 Å². The number of aryl methyl sites for hydroxylation is 1. The molecule has 0 unspecified atom stereocenters. The van der Waals surface area contributed by atoms with Crippen LogP contribution in [0.2, 0.25) is 5.02 Å². The summed E-state index contributed by atoms with van der Waals surface area (Å²) < 4.78 is 5.71. The van der Waals surface area contributed by atoms with E-state index in [1.54, 1.807) is 17.0 Å². The SMILES string of the molecule is CC[C@@H](C(=O)NCC(C)C)N(Cc1ccc(Cl)cc1)C(=O)COc1cccc(C)c1. The summed E-state index contributed by atoms with van der Waals surface area (Å²) in [5.74, 6) is 0.575. The van der Waals surface area contributed by atoms with Gasteiger partial charge in [-0.15, -0.1) is 0 Å². The second kappa shape index (κ2) is 11.6. The van der Waals surface area contributed by atoms with Crippen LogP contribution in [0.15, 0.2) is 48.5 Å². The molecule has 2 amide bonds. The van der Waals surface area contributed by atoms with Gasteiger partial charge < -0.3 is 15.0 Å². The predicted octanol–water partition coefficient (Wildman–Crippen LogP) is 4.61. The molecule has 162 valence electrons. The summed E-state index contributed by atoms with van der Waals surface area (Å²) in [6.07, 6.45) is 0.508. The van der Waals surface area contributed by atoms with E-state index in [9.17, 15) is 9.59 Å². The fraction of sp³-hybridized carbons (Fsp3) is 0.417. The highest BCUT2D eigenvalue weighted by molar-refractivity contribution is 6.30. The number of hydrogen-bond donors (Lipinski definition) is 1. The number of carbonyl (C=O) groups excluding carboxylic acids is 2. The Balaban J connectivity index is 2.18. The maximum Gasteiger partial charge on any atom is 0.261 e. The summed E-state index contributed by atoms with van der Waals surface area (Å²) in [6, 6.07) is 14.3. The van der Waals surface area contributed by atoms with Gasteiger partial charge >= 0.3 is 0 Å². The lowest BCUT2D eigenvalue weighted by Gasteiger charge is -2.30. The molecule has 2 aromatic carbocycles. The molecule has 0 saturated heterocycles. The van der Waals surface area contributed by atoms with Crippen molar-refractivity contribution in [3.05, 3.63) is 64.7 Å². The van der Waals surface area contributed by atoms with Crippen LogP contribution in [0.1, 0.15) is 38.3 Å². The van der Waals surface area contributed by atoms with E-state index in [1.165, 1.54) is 0 Å². The highest BCUT2D eigenvalue weighted by Gasteiger charge is 2.29. The zero-order chi connectivity index (χ0) is 22.1. The zero-order valence-electron chi connectivity index (χ0n) is 18.2. The highest BCUT2D eigenvalue weighted by atomic mass is 35.5. The van der Waals surface area contributed by atoms with Gasteiger partial charge in [0.1, 0.15) is 11.8 Å². The van der Waals surface area contributed by atoms with Gasteiger partial charge in [0.2, 0.25) is 5.91 Å². The molecule has 2 rings (SSSR count). The first-order valence-corrected chi connectivity index (χ1v) is 10.7. The molecule has 0 aromatic heterocycles. The molecule has 1 atom stereocenters. The van der Waals surface area contributed by atoms with Crippen molar-refractivity contribution in [3.63, 3.8) is 0 Å². The summed E-state index contributed by atoms with van der Waals surface area (Å²) in [7, 11) is 0. The lowest BCUT2D eigenvalue weighted by Crippen LogP contribution is -2.50. The largest absolute Gasteiger partial charge is 0.484 e. The smallest absolute Gasteiger partial charge is 0.261 e. The van der Waals surface area contributed by atoms with Gasteiger partial charge in [-0.25, -0.2) is 0 Å². The first kappa shape index (κ1) is 23.7. The Hall–Kier alpha value is -2.53. The second-order valence-electron chi connectivity index (χ2n) is 7.82. The number of carbonyl (C=O) groups is 2. The van der Waals surface area contributed by atoms with Crippen molar-refractivity contribution in [1.82, 2.24) is 10.2 Å². The molecule has 0 spiro atoms. The molecule has 0 fully saturated rings. The topological polar surface area (TPSA) is 58.6 Å². The molecule has 0 bridgehead atoms. The van der Waals surface area contributed by atoms with E-state index in [-0.39, 0.29) is 18.4 Å². The van der Waals surface area contributed by atoms with Crippen LogP contribution < -0.4 is 10.1 Å². The summed E-state index contributed by atoms with van der Waals surface area (Å²) in [4.78, 5) is 27.5. The number of nitrogens with one attached hydrogen (secondary N) is 1. The van der Waals surface area contributed by atoms with Crippen molar-refractivity contribution in [3.8, 4) is 5.75 Å². The van der Waals surface area contributed by atoms with Crippen molar-refractivity contribution in [2.45, 2.75) is 46.7 Å². The van der Waals surface area contributed by atoms with E-state index in [4.69, 9.17) is 16.3 Å². The van der Waals surface area contributed by atoms with Gasteiger partial charge in [-0.2, -0.15) is 0 Å². The van der Waals surface area contributed by atoms with Gasteiger partial charge in [0.25, 0.3) is 5.91 Å². The number of nitrogens with zero attached hydrogens (tertiary/aromatic N) is 1. The van der Waals surface area contributed by atoms with E-state index in [0.29, 0.717) is 36.2 Å². The molecule has 0 saturated carbocycles. The minimum absolute atomic E-state index is 0.134. The molecule has 0 aliphatic carbocycles. The third-order valence-corrected chi connectivity index (χ3v) is 4.94.